The third-order valence-corrected chi connectivity index (χ3v) is 3.00. The van der Waals surface area contributed by atoms with Gasteiger partial charge in [-0.1, -0.05) is 42.5 Å². The molecule has 0 aliphatic rings. The molecule has 0 atom stereocenters. The number of carbonyl (C=O) groups excluding carboxylic acids is 1. The van der Waals surface area contributed by atoms with Crippen molar-refractivity contribution in [3.8, 4) is 0 Å². The number of nitrogens with zero attached hydrogens (tertiary/aromatic N) is 1. The molecule has 0 radical (unpaired) electrons. The molecule has 0 aliphatic carbocycles. The SMILES string of the molecule is C/C(O)=C(/C(=O)Nc1ccccc1[N+](=O)[O-])c1ccccc1. The van der Waals surface area contributed by atoms with Gasteiger partial charge in [-0.3, -0.25) is 14.9 Å². The Morgan fingerprint density at radius 1 is 1.09 bits per heavy atom. The minimum Gasteiger partial charge on any atom is -0.512 e. The second kappa shape index (κ2) is 6.53. The quantitative estimate of drug-likeness (QED) is 0.391. The van der Waals surface area contributed by atoms with Crippen molar-refractivity contribution in [3.05, 3.63) is 76.0 Å². The molecule has 0 saturated heterocycles. The van der Waals surface area contributed by atoms with Crippen LogP contribution in [0.15, 0.2) is 60.4 Å². The van der Waals surface area contributed by atoms with Gasteiger partial charge in [-0.25, -0.2) is 0 Å². The monoisotopic (exact) mass is 298 g/mol. The highest BCUT2D eigenvalue weighted by molar-refractivity contribution is 6.26. The Kier molecular flexibility index (Phi) is 4.53. The second-order valence-corrected chi connectivity index (χ2v) is 4.55. The number of carbonyl (C=O) groups is 1. The molecule has 6 heteroatoms. The number of rotatable bonds is 4. The van der Waals surface area contributed by atoms with E-state index in [0.29, 0.717) is 5.56 Å². The zero-order chi connectivity index (χ0) is 16.1. The number of hydrogen-bond acceptors (Lipinski definition) is 4. The molecule has 2 rings (SSSR count). The van der Waals surface area contributed by atoms with Gasteiger partial charge in [0.15, 0.2) is 0 Å². The maximum atomic E-state index is 12.4. The number of para-hydroxylation sites is 2. The normalized spacial score (nSPS) is 11.5. The van der Waals surface area contributed by atoms with E-state index in [2.05, 4.69) is 5.32 Å². The summed E-state index contributed by atoms with van der Waals surface area (Å²) in [4.78, 5) is 22.8. The molecule has 0 bridgehead atoms. The number of aliphatic hydroxyl groups excluding tert-OH is 1. The predicted octanol–water partition coefficient (Wildman–Crippen LogP) is 3.52. The summed E-state index contributed by atoms with van der Waals surface area (Å²) in [5.74, 6) is -0.775. The fourth-order valence-corrected chi connectivity index (χ4v) is 2.03. The fraction of sp³-hybridized carbons (Fsp3) is 0.0625. The summed E-state index contributed by atoms with van der Waals surface area (Å²) in [5.41, 5.74) is 0.461. The maximum Gasteiger partial charge on any atom is 0.292 e. The van der Waals surface area contributed by atoms with Gasteiger partial charge in [0.05, 0.1) is 10.5 Å². The second-order valence-electron chi connectivity index (χ2n) is 4.55. The van der Waals surface area contributed by atoms with E-state index in [9.17, 15) is 20.0 Å². The van der Waals surface area contributed by atoms with Crippen molar-refractivity contribution in [2.24, 2.45) is 0 Å². The summed E-state index contributed by atoms with van der Waals surface area (Å²) in [5, 5.41) is 23.2. The standard InChI is InChI=1S/C16H14N2O4/c1-11(19)15(12-7-3-2-4-8-12)16(20)17-13-9-5-6-10-14(13)18(21)22/h2-10,19H,1H3,(H,17,20)/b15-11-. The third-order valence-electron chi connectivity index (χ3n) is 3.00. The van der Waals surface area contributed by atoms with E-state index in [1.54, 1.807) is 36.4 Å². The molecular formula is C16H14N2O4. The molecule has 112 valence electrons. The average Bonchev–Trinajstić information content (AvgIpc) is 2.48. The van der Waals surface area contributed by atoms with Crippen LogP contribution in [-0.2, 0) is 4.79 Å². The van der Waals surface area contributed by atoms with Crippen molar-refractivity contribution in [3.63, 3.8) is 0 Å². The molecule has 0 spiro atoms. The lowest BCUT2D eigenvalue weighted by Crippen LogP contribution is -2.16. The first-order valence-electron chi connectivity index (χ1n) is 6.50. The first kappa shape index (κ1) is 15.2. The van der Waals surface area contributed by atoms with Crippen LogP contribution in [0.1, 0.15) is 12.5 Å². The molecular weight excluding hydrogens is 284 g/mol. The van der Waals surface area contributed by atoms with E-state index in [1.165, 1.54) is 25.1 Å². The van der Waals surface area contributed by atoms with E-state index >= 15 is 0 Å². The Balaban J connectivity index is 2.36. The molecule has 0 saturated carbocycles. The van der Waals surface area contributed by atoms with Gasteiger partial charge in [0.1, 0.15) is 11.4 Å². The van der Waals surface area contributed by atoms with Gasteiger partial charge in [0, 0.05) is 6.07 Å². The van der Waals surface area contributed by atoms with E-state index in [0.717, 1.165) is 0 Å². The fourth-order valence-electron chi connectivity index (χ4n) is 2.03. The summed E-state index contributed by atoms with van der Waals surface area (Å²) >= 11 is 0. The van der Waals surface area contributed by atoms with Crippen LogP contribution in [0.5, 0.6) is 0 Å². The van der Waals surface area contributed by atoms with Crippen molar-refractivity contribution in [2.75, 3.05) is 5.32 Å². The van der Waals surface area contributed by atoms with Crippen LogP contribution < -0.4 is 5.32 Å². The molecule has 2 N–H and O–H groups in total. The largest absolute Gasteiger partial charge is 0.512 e. The molecule has 0 fully saturated rings. The Labute approximate surface area is 126 Å². The van der Waals surface area contributed by atoms with Gasteiger partial charge in [-0.2, -0.15) is 0 Å². The molecule has 2 aromatic rings. The first-order chi connectivity index (χ1) is 10.5. The lowest BCUT2D eigenvalue weighted by Gasteiger charge is -2.10. The zero-order valence-corrected chi connectivity index (χ0v) is 11.8. The number of allylic oxidation sites excluding steroid dienone is 1. The van der Waals surface area contributed by atoms with Crippen LogP contribution >= 0.6 is 0 Å². The molecule has 22 heavy (non-hydrogen) atoms. The molecule has 6 nitrogen and oxygen atoms in total. The molecule has 1 amide bonds. The van der Waals surface area contributed by atoms with Gasteiger partial charge in [0.2, 0.25) is 0 Å². The summed E-state index contributed by atoms with van der Waals surface area (Å²) in [6.45, 7) is 1.39. The van der Waals surface area contributed by atoms with Gasteiger partial charge in [0.25, 0.3) is 11.6 Å². The number of nitro benzene ring substituents is 1. The van der Waals surface area contributed by atoms with E-state index in [4.69, 9.17) is 0 Å². The number of benzene rings is 2. The van der Waals surface area contributed by atoms with Gasteiger partial charge in [-0.15, -0.1) is 0 Å². The lowest BCUT2D eigenvalue weighted by molar-refractivity contribution is -0.383. The lowest BCUT2D eigenvalue weighted by atomic mass is 10.0. The topological polar surface area (TPSA) is 92.5 Å². The molecule has 0 unspecified atom stereocenters. The minimum atomic E-state index is -0.611. The number of amides is 1. The maximum absolute atomic E-state index is 12.4. The third kappa shape index (κ3) is 3.29. The van der Waals surface area contributed by atoms with Crippen molar-refractivity contribution in [1.82, 2.24) is 0 Å². The van der Waals surface area contributed by atoms with Crippen molar-refractivity contribution < 1.29 is 14.8 Å². The average molecular weight is 298 g/mol. The van der Waals surface area contributed by atoms with E-state index < -0.39 is 10.8 Å². The highest BCUT2D eigenvalue weighted by Crippen LogP contribution is 2.26. The Morgan fingerprint density at radius 2 is 1.68 bits per heavy atom. The number of nitrogens with one attached hydrogen (secondary N) is 1. The van der Waals surface area contributed by atoms with E-state index in [1.807, 2.05) is 0 Å². The smallest absolute Gasteiger partial charge is 0.292 e. The van der Waals surface area contributed by atoms with Crippen LogP contribution in [0.4, 0.5) is 11.4 Å². The highest BCUT2D eigenvalue weighted by atomic mass is 16.6. The number of hydrogen-bond donors (Lipinski definition) is 2. The predicted molar refractivity (Wildman–Crippen MR) is 83.4 cm³/mol. The first-order valence-corrected chi connectivity index (χ1v) is 6.50. The van der Waals surface area contributed by atoms with Crippen molar-refractivity contribution >= 4 is 22.9 Å². The summed E-state index contributed by atoms with van der Waals surface area (Å²) in [7, 11) is 0. The van der Waals surface area contributed by atoms with Crippen LogP contribution in [0.25, 0.3) is 5.57 Å². The minimum absolute atomic E-state index is 0.0683. The van der Waals surface area contributed by atoms with Crippen LogP contribution in [-0.4, -0.2) is 15.9 Å². The number of nitro groups is 1. The van der Waals surface area contributed by atoms with Crippen LogP contribution in [0.3, 0.4) is 0 Å². The van der Waals surface area contributed by atoms with Crippen molar-refractivity contribution in [2.45, 2.75) is 6.92 Å². The Hall–Kier alpha value is -3.15. The molecule has 0 aromatic heterocycles. The van der Waals surface area contributed by atoms with Gasteiger partial charge in [-0.05, 0) is 18.6 Å². The van der Waals surface area contributed by atoms with Gasteiger partial charge < -0.3 is 10.4 Å². The summed E-state index contributed by atoms with van der Waals surface area (Å²) in [6.07, 6.45) is 0. The number of aliphatic hydroxyl groups is 1. The number of anilines is 1. The Morgan fingerprint density at radius 3 is 2.27 bits per heavy atom. The summed E-state index contributed by atoms with van der Waals surface area (Å²) in [6, 6.07) is 14.4. The van der Waals surface area contributed by atoms with E-state index in [-0.39, 0.29) is 22.7 Å². The van der Waals surface area contributed by atoms with Crippen LogP contribution in [0.2, 0.25) is 0 Å². The Bertz CT molecular complexity index is 735. The highest BCUT2D eigenvalue weighted by Gasteiger charge is 2.19. The van der Waals surface area contributed by atoms with Crippen LogP contribution in [0, 0.1) is 10.1 Å². The van der Waals surface area contributed by atoms with Gasteiger partial charge >= 0.3 is 0 Å². The molecule has 0 heterocycles. The molecule has 0 aliphatic heterocycles. The molecule has 2 aromatic carbocycles. The van der Waals surface area contributed by atoms with Crippen molar-refractivity contribution in [1.29, 1.82) is 0 Å². The summed E-state index contributed by atoms with van der Waals surface area (Å²) < 4.78 is 0. The zero-order valence-electron chi connectivity index (χ0n) is 11.8.